The highest BCUT2D eigenvalue weighted by molar-refractivity contribution is 5.26. The average molecular weight is 286 g/mol. The van der Waals surface area contributed by atoms with Crippen molar-refractivity contribution in [1.29, 1.82) is 0 Å². The molecule has 1 unspecified atom stereocenters. The van der Waals surface area contributed by atoms with E-state index in [1.165, 1.54) is 0 Å². The van der Waals surface area contributed by atoms with Crippen LogP contribution in [0.5, 0.6) is 0 Å². The molecule has 114 valence electrons. The number of aliphatic hydroxyl groups excluding tert-OH is 1. The predicted octanol–water partition coefficient (Wildman–Crippen LogP) is 3.35. The molecule has 0 aliphatic rings. The van der Waals surface area contributed by atoms with E-state index in [0.29, 0.717) is 6.42 Å². The number of hydrogen-bond acceptors (Lipinski definition) is 2. The van der Waals surface area contributed by atoms with Crippen LogP contribution in [0, 0.1) is 0 Å². The van der Waals surface area contributed by atoms with Crippen molar-refractivity contribution < 1.29 is 5.11 Å². The van der Waals surface area contributed by atoms with Crippen LogP contribution in [0.4, 0.5) is 0 Å². The molecule has 2 aromatic rings. The van der Waals surface area contributed by atoms with Gasteiger partial charge in [-0.1, -0.05) is 51.1 Å². The fraction of sp³-hybridized carbons (Fsp3) is 0.500. The second kappa shape index (κ2) is 6.44. The van der Waals surface area contributed by atoms with Crippen LogP contribution < -0.4 is 0 Å². The average Bonchev–Trinajstić information content (AvgIpc) is 2.90. The van der Waals surface area contributed by atoms with Crippen molar-refractivity contribution in [3.63, 3.8) is 0 Å². The molecule has 0 bridgehead atoms. The quantitative estimate of drug-likeness (QED) is 0.884. The van der Waals surface area contributed by atoms with Crippen molar-refractivity contribution in [2.45, 2.75) is 58.6 Å². The molecule has 3 heteroatoms. The first-order valence-corrected chi connectivity index (χ1v) is 7.78. The molecule has 0 amide bonds. The van der Waals surface area contributed by atoms with Crippen molar-refractivity contribution in [1.82, 2.24) is 9.78 Å². The number of rotatable bonds is 6. The van der Waals surface area contributed by atoms with Crippen molar-refractivity contribution in [2.75, 3.05) is 0 Å². The number of hydrogen-bond donors (Lipinski definition) is 1. The third-order valence-electron chi connectivity index (χ3n) is 4.33. The maximum atomic E-state index is 10.7. The molecule has 1 aromatic heterocycles. The third kappa shape index (κ3) is 3.35. The van der Waals surface area contributed by atoms with Gasteiger partial charge < -0.3 is 5.11 Å². The second-order valence-electron chi connectivity index (χ2n) is 6.10. The van der Waals surface area contributed by atoms with Crippen LogP contribution in [-0.4, -0.2) is 21.0 Å². The smallest absolute Gasteiger partial charge is 0.0686 e. The van der Waals surface area contributed by atoms with Crippen LogP contribution in [0.25, 0.3) is 0 Å². The Morgan fingerprint density at radius 2 is 1.86 bits per heavy atom. The van der Waals surface area contributed by atoms with E-state index in [0.717, 1.165) is 29.9 Å². The minimum atomic E-state index is -0.438. The fourth-order valence-electron chi connectivity index (χ4n) is 2.64. The molecule has 1 heterocycles. The predicted molar refractivity (Wildman–Crippen MR) is 86.5 cm³/mol. The summed E-state index contributed by atoms with van der Waals surface area (Å²) in [4.78, 5) is 0. The second-order valence-corrected chi connectivity index (χ2v) is 6.10. The maximum Gasteiger partial charge on any atom is 0.0686 e. The van der Waals surface area contributed by atoms with E-state index in [4.69, 9.17) is 0 Å². The highest BCUT2D eigenvalue weighted by atomic mass is 16.3. The summed E-state index contributed by atoms with van der Waals surface area (Å²) in [6.07, 6.45) is 1.12. The lowest BCUT2D eigenvalue weighted by molar-refractivity contribution is 0.0979. The summed E-state index contributed by atoms with van der Waals surface area (Å²) in [7, 11) is 0. The van der Waals surface area contributed by atoms with E-state index < -0.39 is 6.10 Å². The number of aliphatic hydroxyl groups is 1. The number of aryl methyl sites for hydroxylation is 2. The van der Waals surface area contributed by atoms with Crippen LogP contribution in [0.1, 0.15) is 44.6 Å². The summed E-state index contributed by atoms with van der Waals surface area (Å²) in [5.74, 6) is 0. The van der Waals surface area contributed by atoms with Gasteiger partial charge in [-0.2, -0.15) is 5.10 Å². The molecule has 0 radical (unpaired) electrons. The number of benzene rings is 1. The first-order chi connectivity index (χ1) is 9.98. The summed E-state index contributed by atoms with van der Waals surface area (Å²) in [6.45, 7) is 9.23. The Bertz CT molecular complexity index is 572. The minimum Gasteiger partial charge on any atom is -0.392 e. The van der Waals surface area contributed by atoms with Gasteiger partial charge in [0.05, 0.1) is 11.8 Å². The molecule has 2 rings (SSSR count). The first kappa shape index (κ1) is 15.8. The summed E-state index contributed by atoms with van der Waals surface area (Å²) in [5.41, 5.74) is 3.09. The van der Waals surface area contributed by atoms with Crippen LogP contribution in [0.3, 0.4) is 0 Å². The summed E-state index contributed by atoms with van der Waals surface area (Å²) >= 11 is 0. The van der Waals surface area contributed by atoms with Gasteiger partial charge in [0, 0.05) is 24.1 Å². The summed E-state index contributed by atoms with van der Waals surface area (Å²) in [6, 6.07) is 12.3. The van der Waals surface area contributed by atoms with Gasteiger partial charge in [0.2, 0.25) is 0 Å². The molecule has 0 saturated carbocycles. The van der Waals surface area contributed by atoms with Gasteiger partial charge in [-0.25, -0.2) is 0 Å². The highest BCUT2D eigenvalue weighted by Gasteiger charge is 2.30. The van der Waals surface area contributed by atoms with Gasteiger partial charge in [-0.3, -0.25) is 4.68 Å². The van der Waals surface area contributed by atoms with E-state index in [-0.39, 0.29) is 5.41 Å². The molecule has 0 spiro atoms. The molecule has 0 aliphatic carbocycles. The van der Waals surface area contributed by atoms with Gasteiger partial charge in [0.15, 0.2) is 0 Å². The lowest BCUT2D eigenvalue weighted by Crippen LogP contribution is -2.35. The van der Waals surface area contributed by atoms with Crippen molar-refractivity contribution in [2.24, 2.45) is 0 Å². The van der Waals surface area contributed by atoms with Crippen molar-refractivity contribution in [3.8, 4) is 0 Å². The van der Waals surface area contributed by atoms with Gasteiger partial charge in [0.1, 0.15) is 0 Å². The third-order valence-corrected chi connectivity index (χ3v) is 4.33. The molecule has 1 atom stereocenters. The standard InChI is InChI=1S/C18H26N2O/c1-5-15-12-16(20(6-2)19-15)13-17(21)18(3,4)14-10-8-7-9-11-14/h7-12,17,21H,5-6,13H2,1-4H3. The normalized spacial score (nSPS) is 13.4. The van der Waals surface area contributed by atoms with E-state index in [1.807, 2.05) is 22.9 Å². The summed E-state index contributed by atoms with van der Waals surface area (Å²) < 4.78 is 2.00. The Hall–Kier alpha value is -1.61. The Morgan fingerprint density at radius 1 is 1.19 bits per heavy atom. The van der Waals surface area contributed by atoms with Gasteiger partial charge >= 0.3 is 0 Å². The maximum absolute atomic E-state index is 10.7. The van der Waals surface area contributed by atoms with Crippen molar-refractivity contribution in [3.05, 3.63) is 53.3 Å². The largest absolute Gasteiger partial charge is 0.392 e. The highest BCUT2D eigenvalue weighted by Crippen LogP contribution is 2.29. The Labute approximate surface area is 127 Å². The number of nitrogens with zero attached hydrogens (tertiary/aromatic N) is 2. The molecular weight excluding hydrogens is 260 g/mol. The molecule has 1 aromatic carbocycles. The molecule has 21 heavy (non-hydrogen) atoms. The topological polar surface area (TPSA) is 38.0 Å². The van der Waals surface area contributed by atoms with Crippen molar-refractivity contribution >= 4 is 0 Å². The van der Waals surface area contributed by atoms with Gasteiger partial charge in [0.25, 0.3) is 0 Å². The van der Waals surface area contributed by atoms with Crippen LogP contribution in [0.15, 0.2) is 36.4 Å². The molecule has 0 fully saturated rings. The Kier molecular flexibility index (Phi) is 4.84. The lowest BCUT2D eigenvalue weighted by atomic mass is 9.78. The lowest BCUT2D eigenvalue weighted by Gasteiger charge is -2.31. The zero-order valence-electron chi connectivity index (χ0n) is 13.5. The van der Waals surface area contributed by atoms with Gasteiger partial charge in [-0.05, 0) is 25.0 Å². The van der Waals surface area contributed by atoms with E-state index >= 15 is 0 Å². The zero-order valence-corrected chi connectivity index (χ0v) is 13.5. The fourth-order valence-corrected chi connectivity index (χ4v) is 2.64. The van der Waals surface area contributed by atoms with Crippen LogP contribution in [-0.2, 0) is 24.8 Å². The minimum absolute atomic E-state index is 0.281. The molecule has 0 aliphatic heterocycles. The van der Waals surface area contributed by atoms with E-state index in [1.54, 1.807) is 0 Å². The van der Waals surface area contributed by atoms with Gasteiger partial charge in [-0.15, -0.1) is 0 Å². The summed E-state index contributed by atoms with van der Waals surface area (Å²) in [5, 5.41) is 15.3. The number of aromatic nitrogens is 2. The first-order valence-electron chi connectivity index (χ1n) is 7.78. The van der Waals surface area contributed by atoms with Crippen LogP contribution >= 0.6 is 0 Å². The molecular formula is C18H26N2O. The molecule has 3 nitrogen and oxygen atoms in total. The van der Waals surface area contributed by atoms with E-state index in [9.17, 15) is 5.11 Å². The Morgan fingerprint density at radius 3 is 2.43 bits per heavy atom. The zero-order chi connectivity index (χ0) is 15.5. The Balaban J connectivity index is 2.21. The molecule has 0 saturated heterocycles. The monoisotopic (exact) mass is 286 g/mol. The molecule has 1 N–H and O–H groups in total. The van der Waals surface area contributed by atoms with E-state index in [2.05, 4.69) is 51.0 Å². The van der Waals surface area contributed by atoms with Crippen LogP contribution in [0.2, 0.25) is 0 Å². The SMILES string of the molecule is CCc1cc(CC(O)C(C)(C)c2ccccc2)n(CC)n1.